The van der Waals surface area contributed by atoms with Gasteiger partial charge in [-0.1, -0.05) is 26.2 Å². The van der Waals surface area contributed by atoms with E-state index >= 15 is 0 Å². The van der Waals surface area contributed by atoms with Crippen molar-refractivity contribution in [1.82, 2.24) is 25.2 Å². The van der Waals surface area contributed by atoms with Gasteiger partial charge in [-0.3, -0.25) is 19.4 Å². The quantitative estimate of drug-likeness (QED) is 0.783. The topological polar surface area (TPSA) is 108 Å². The number of nitrogens with zero attached hydrogens (tertiary/aromatic N) is 5. The molecule has 2 atom stereocenters. The van der Waals surface area contributed by atoms with Gasteiger partial charge >= 0.3 is 6.03 Å². The van der Waals surface area contributed by atoms with Crippen LogP contribution in [0.25, 0.3) is 0 Å². The van der Waals surface area contributed by atoms with Crippen LogP contribution in [0.1, 0.15) is 51.9 Å². The van der Waals surface area contributed by atoms with Gasteiger partial charge in [0.1, 0.15) is 18.7 Å². The van der Waals surface area contributed by atoms with Gasteiger partial charge in [-0.05, 0) is 25.2 Å². The molecular weight excluding hydrogens is 348 g/mol. The Morgan fingerprint density at radius 1 is 1.26 bits per heavy atom. The molecule has 2 heterocycles. The molecule has 27 heavy (non-hydrogen) atoms. The van der Waals surface area contributed by atoms with Crippen molar-refractivity contribution in [2.45, 2.75) is 64.0 Å². The van der Waals surface area contributed by atoms with Crippen molar-refractivity contribution in [3.63, 3.8) is 0 Å². The maximum absolute atomic E-state index is 12.7. The van der Waals surface area contributed by atoms with E-state index in [1.54, 1.807) is 0 Å². The summed E-state index contributed by atoms with van der Waals surface area (Å²) >= 11 is 0. The Hall–Kier alpha value is -2.58. The molecule has 0 spiro atoms. The maximum Gasteiger partial charge on any atom is 0.325 e. The molecule has 1 aliphatic carbocycles. The van der Waals surface area contributed by atoms with E-state index in [0.717, 1.165) is 24.2 Å². The molecule has 2 unspecified atom stereocenters. The molecular formula is C18H26N6O3. The molecule has 1 N–H and O–H groups in total. The number of likely N-dealkylation sites (tertiary alicyclic amines) is 1. The minimum atomic E-state index is -0.817. The number of carbonyl (C=O) groups excluding carboxylic acids is 3. The van der Waals surface area contributed by atoms with E-state index in [0.29, 0.717) is 5.92 Å². The van der Waals surface area contributed by atoms with E-state index in [4.69, 9.17) is 0 Å². The Morgan fingerprint density at radius 3 is 2.52 bits per heavy atom. The lowest BCUT2D eigenvalue weighted by Crippen LogP contribution is -2.65. The first-order chi connectivity index (χ1) is 13.0. The average Bonchev–Trinajstić information content (AvgIpc) is 2.70. The van der Waals surface area contributed by atoms with E-state index in [-0.39, 0.29) is 30.2 Å². The highest BCUT2D eigenvalue weighted by Gasteiger charge is 2.47. The number of urea groups is 1. The van der Waals surface area contributed by atoms with Crippen LogP contribution in [0.2, 0.25) is 0 Å². The van der Waals surface area contributed by atoms with Gasteiger partial charge in [0.05, 0.1) is 6.42 Å². The summed E-state index contributed by atoms with van der Waals surface area (Å²) in [6.45, 7) is 2.04. The number of anilines is 1. The molecule has 2 aliphatic rings. The number of hydrogen-bond acceptors (Lipinski definition) is 6. The van der Waals surface area contributed by atoms with Gasteiger partial charge in [0.15, 0.2) is 0 Å². The molecule has 0 bridgehead atoms. The molecule has 9 nitrogen and oxygen atoms in total. The lowest BCUT2D eigenvalue weighted by Gasteiger charge is -2.40. The number of likely N-dealkylation sites (N-methyl/N-ethyl adjacent to an activating group) is 1. The fraction of sp³-hybridized carbons (Fsp3) is 0.667. The number of β-lactam (4-membered cyclic amide) rings is 1. The third-order valence-corrected chi connectivity index (χ3v) is 5.53. The molecule has 2 fully saturated rings. The summed E-state index contributed by atoms with van der Waals surface area (Å²) in [4.78, 5) is 51.3. The van der Waals surface area contributed by atoms with Gasteiger partial charge in [-0.15, -0.1) is 0 Å². The second-order valence-corrected chi connectivity index (χ2v) is 7.18. The number of amides is 4. The standard InChI is InChI=1S/C18H26N6O3/c1-3-13(12-7-5-4-6-8-12)22-18(27)24-14(9-15(24)25)16(26)23(2)17-20-10-19-11-21-17/h10-14H,3-9H2,1-2H3,(H,22,27). The molecule has 1 saturated heterocycles. The van der Waals surface area contributed by atoms with Gasteiger partial charge in [-0.2, -0.15) is 0 Å². The first kappa shape index (κ1) is 19.2. The molecule has 146 valence electrons. The van der Waals surface area contributed by atoms with Gasteiger partial charge in [0, 0.05) is 13.1 Å². The van der Waals surface area contributed by atoms with E-state index in [1.807, 2.05) is 6.92 Å². The SMILES string of the molecule is CCC(NC(=O)N1C(=O)CC1C(=O)N(C)c1ncncn1)C1CCCCC1. The van der Waals surface area contributed by atoms with Gasteiger partial charge < -0.3 is 5.32 Å². The minimum absolute atomic E-state index is 0.0158. The van der Waals surface area contributed by atoms with Gasteiger partial charge in [-0.25, -0.2) is 19.7 Å². The van der Waals surface area contributed by atoms with Crippen LogP contribution in [0.3, 0.4) is 0 Å². The smallest absolute Gasteiger partial charge is 0.325 e. The third kappa shape index (κ3) is 4.06. The van der Waals surface area contributed by atoms with Crippen LogP contribution in [0, 0.1) is 5.92 Å². The Balaban J connectivity index is 1.64. The van der Waals surface area contributed by atoms with Gasteiger partial charge in [0.25, 0.3) is 5.91 Å². The van der Waals surface area contributed by atoms with Crippen LogP contribution in [-0.2, 0) is 9.59 Å². The van der Waals surface area contributed by atoms with E-state index in [1.165, 1.54) is 43.9 Å². The predicted octanol–water partition coefficient (Wildman–Crippen LogP) is 1.50. The highest BCUT2D eigenvalue weighted by atomic mass is 16.2. The minimum Gasteiger partial charge on any atom is -0.335 e. The number of imide groups is 1. The lowest BCUT2D eigenvalue weighted by molar-refractivity contribution is -0.147. The number of nitrogens with one attached hydrogen (secondary N) is 1. The molecule has 1 saturated carbocycles. The van der Waals surface area contributed by atoms with Crippen LogP contribution in [-0.4, -0.2) is 56.8 Å². The van der Waals surface area contributed by atoms with Crippen LogP contribution in [0.4, 0.5) is 10.7 Å². The zero-order chi connectivity index (χ0) is 19.4. The van der Waals surface area contributed by atoms with Crippen molar-refractivity contribution >= 4 is 23.8 Å². The van der Waals surface area contributed by atoms with Crippen LogP contribution in [0.15, 0.2) is 12.7 Å². The summed E-state index contributed by atoms with van der Waals surface area (Å²) in [5.74, 6) is -0.107. The predicted molar refractivity (Wildman–Crippen MR) is 97.7 cm³/mol. The van der Waals surface area contributed by atoms with E-state index in [9.17, 15) is 14.4 Å². The van der Waals surface area contributed by atoms with E-state index in [2.05, 4.69) is 20.3 Å². The van der Waals surface area contributed by atoms with Crippen molar-refractivity contribution < 1.29 is 14.4 Å². The fourth-order valence-corrected chi connectivity index (χ4v) is 3.92. The Bertz CT molecular complexity index is 692. The van der Waals surface area contributed by atoms with Crippen molar-refractivity contribution in [3.05, 3.63) is 12.7 Å². The molecule has 1 aliphatic heterocycles. The maximum atomic E-state index is 12.7. The molecule has 0 radical (unpaired) electrons. The normalized spacial score (nSPS) is 21.3. The van der Waals surface area contributed by atoms with Crippen molar-refractivity contribution in [1.29, 1.82) is 0 Å². The zero-order valence-corrected chi connectivity index (χ0v) is 15.8. The van der Waals surface area contributed by atoms with E-state index < -0.39 is 12.1 Å². The largest absolute Gasteiger partial charge is 0.335 e. The Morgan fingerprint density at radius 2 is 1.93 bits per heavy atom. The van der Waals surface area contributed by atoms with Crippen molar-refractivity contribution in [2.24, 2.45) is 5.92 Å². The molecule has 0 aromatic carbocycles. The monoisotopic (exact) mass is 374 g/mol. The van der Waals surface area contributed by atoms with Crippen molar-refractivity contribution in [3.8, 4) is 0 Å². The van der Waals surface area contributed by atoms with Gasteiger partial charge in [0.2, 0.25) is 11.9 Å². The Kier molecular flexibility index (Phi) is 5.98. The highest BCUT2D eigenvalue weighted by molar-refractivity contribution is 6.10. The fourth-order valence-electron chi connectivity index (χ4n) is 3.92. The summed E-state index contributed by atoms with van der Waals surface area (Å²) in [5.41, 5.74) is 0. The molecule has 1 aromatic rings. The number of carbonyl (C=O) groups is 3. The summed E-state index contributed by atoms with van der Waals surface area (Å²) < 4.78 is 0. The summed E-state index contributed by atoms with van der Waals surface area (Å²) in [6.07, 6.45) is 9.19. The summed E-state index contributed by atoms with van der Waals surface area (Å²) in [6, 6.07) is -1.27. The average molecular weight is 374 g/mol. The third-order valence-electron chi connectivity index (χ3n) is 5.53. The van der Waals surface area contributed by atoms with Crippen LogP contribution in [0.5, 0.6) is 0 Å². The van der Waals surface area contributed by atoms with Crippen LogP contribution < -0.4 is 10.2 Å². The number of aromatic nitrogens is 3. The molecule has 3 rings (SSSR count). The first-order valence-electron chi connectivity index (χ1n) is 9.55. The first-order valence-corrected chi connectivity index (χ1v) is 9.55. The second kappa shape index (κ2) is 8.41. The highest BCUT2D eigenvalue weighted by Crippen LogP contribution is 2.29. The Labute approximate surface area is 158 Å². The summed E-state index contributed by atoms with van der Waals surface area (Å²) in [7, 11) is 1.52. The molecule has 9 heteroatoms. The summed E-state index contributed by atoms with van der Waals surface area (Å²) in [5, 5.41) is 2.99. The van der Waals surface area contributed by atoms with Crippen LogP contribution >= 0.6 is 0 Å². The van der Waals surface area contributed by atoms with Crippen molar-refractivity contribution in [2.75, 3.05) is 11.9 Å². The number of rotatable bonds is 5. The number of hydrogen-bond donors (Lipinski definition) is 1. The second-order valence-electron chi connectivity index (χ2n) is 7.18. The zero-order valence-electron chi connectivity index (χ0n) is 15.8. The molecule has 1 aromatic heterocycles. The molecule has 4 amide bonds. The lowest BCUT2D eigenvalue weighted by atomic mass is 9.83.